The molecule has 20 heavy (non-hydrogen) atoms. The first-order valence-corrected chi connectivity index (χ1v) is 8.52. The van der Waals surface area contributed by atoms with Gasteiger partial charge in [0.05, 0.1) is 5.69 Å². The molecule has 0 amide bonds. The van der Waals surface area contributed by atoms with Gasteiger partial charge in [0.2, 0.25) is 0 Å². The second-order valence-electron chi connectivity index (χ2n) is 5.56. The first kappa shape index (κ1) is 21.5. The third kappa shape index (κ3) is 13.6. The maximum Gasteiger partial charge on any atom is 0.124 e. The number of hydrogen-bond acceptors (Lipinski definition) is 2. The van der Waals surface area contributed by atoms with E-state index >= 15 is 0 Å². The van der Waals surface area contributed by atoms with Crippen molar-refractivity contribution in [2.45, 2.75) is 92.9 Å². The van der Waals surface area contributed by atoms with E-state index in [-0.39, 0.29) is 0 Å². The van der Waals surface area contributed by atoms with E-state index in [1.807, 2.05) is 19.9 Å². The highest BCUT2D eigenvalue weighted by Crippen LogP contribution is 2.20. The quantitative estimate of drug-likeness (QED) is 0.513. The summed E-state index contributed by atoms with van der Waals surface area (Å²) < 4.78 is 4.84. The normalized spacial score (nSPS) is 11.2. The summed E-state index contributed by atoms with van der Waals surface area (Å²) in [4.78, 5) is 0. The first-order valence-electron chi connectivity index (χ1n) is 8.52. The summed E-state index contributed by atoms with van der Waals surface area (Å²) in [6, 6.07) is 1.97. The fourth-order valence-electron chi connectivity index (χ4n) is 1.80. The van der Waals surface area contributed by atoms with E-state index in [1.165, 1.54) is 38.5 Å². The molecule has 1 heterocycles. The molecule has 1 unspecified atom stereocenters. The Morgan fingerprint density at radius 2 is 1.55 bits per heavy atom. The van der Waals surface area contributed by atoms with Crippen LogP contribution >= 0.6 is 0 Å². The molecule has 0 fully saturated rings. The van der Waals surface area contributed by atoms with Crippen LogP contribution in [0, 0.1) is 5.92 Å². The first-order chi connectivity index (χ1) is 9.61. The summed E-state index contributed by atoms with van der Waals surface area (Å²) in [5, 5.41) is 3.97. The Morgan fingerprint density at radius 3 is 2.00 bits per heavy atom. The van der Waals surface area contributed by atoms with Gasteiger partial charge in [-0.2, -0.15) is 0 Å². The molecule has 0 spiro atoms. The van der Waals surface area contributed by atoms with Crippen LogP contribution in [0.5, 0.6) is 0 Å². The highest BCUT2D eigenvalue weighted by atomic mass is 16.5. The van der Waals surface area contributed by atoms with Crippen molar-refractivity contribution < 1.29 is 4.52 Å². The van der Waals surface area contributed by atoms with Gasteiger partial charge in [0.25, 0.3) is 0 Å². The van der Waals surface area contributed by atoms with Gasteiger partial charge < -0.3 is 4.52 Å². The summed E-state index contributed by atoms with van der Waals surface area (Å²) in [6.45, 7) is 15.1. The third-order valence-electron chi connectivity index (χ3n) is 2.88. The molecule has 1 aromatic rings. The number of nitrogens with zero attached hydrogens (tertiary/aromatic N) is 1. The monoisotopic (exact) mass is 283 g/mol. The van der Waals surface area contributed by atoms with E-state index in [9.17, 15) is 0 Å². The van der Waals surface area contributed by atoms with Crippen LogP contribution in [-0.2, 0) is 0 Å². The van der Waals surface area contributed by atoms with Gasteiger partial charge in [-0.25, -0.2) is 0 Å². The molecule has 0 bridgehead atoms. The van der Waals surface area contributed by atoms with Crippen molar-refractivity contribution in [3.63, 3.8) is 0 Å². The van der Waals surface area contributed by atoms with Crippen LogP contribution in [0.2, 0.25) is 0 Å². The minimum atomic E-state index is 0.544. The van der Waals surface area contributed by atoms with E-state index in [4.69, 9.17) is 4.52 Å². The lowest BCUT2D eigenvalue weighted by atomic mass is 9.98. The maximum absolute atomic E-state index is 4.84. The average Bonchev–Trinajstić information content (AvgIpc) is 2.95. The van der Waals surface area contributed by atoms with Gasteiger partial charge in [0, 0.05) is 12.0 Å². The Hall–Kier alpha value is -0.790. The van der Waals surface area contributed by atoms with Crippen molar-refractivity contribution in [2.75, 3.05) is 0 Å². The van der Waals surface area contributed by atoms with Crippen molar-refractivity contribution in [1.29, 1.82) is 0 Å². The van der Waals surface area contributed by atoms with Crippen LogP contribution in [0.3, 0.4) is 0 Å². The molecule has 0 saturated carbocycles. The van der Waals surface area contributed by atoms with E-state index < -0.39 is 0 Å². The molecule has 0 saturated heterocycles. The molecule has 2 nitrogen and oxygen atoms in total. The van der Waals surface area contributed by atoms with Gasteiger partial charge in [-0.3, -0.25) is 0 Å². The zero-order valence-corrected chi connectivity index (χ0v) is 14.9. The van der Waals surface area contributed by atoms with Crippen molar-refractivity contribution in [2.24, 2.45) is 5.92 Å². The van der Waals surface area contributed by atoms with E-state index in [0.29, 0.717) is 5.92 Å². The summed E-state index contributed by atoms with van der Waals surface area (Å²) in [7, 11) is 0. The van der Waals surface area contributed by atoms with Gasteiger partial charge in [0.1, 0.15) is 6.26 Å². The summed E-state index contributed by atoms with van der Waals surface area (Å²) in [5.74, 6) is 1.39. The van der Waals surface area contributed by atoms with Crippen LogP contribution in [-0.4, -0.2) is 5.16 Å². The lowest BCUT2D eigenvalue weighted by Crippen LogP contribution is -1.94. The molecule has 0 aliphatic heterocycles. The Balaban J connectivity index is 0. The molecular weight excluding hydrogens is 246 g/mol. The minimum absolute atomic E-state index is 0.544. The Morgan fingerprint density at radius 1 is 1.00 bits per heavy atom. The van der Waals surface area contributed by atoms with Gasteiger partial charge in [0.15, 0.2) is 0 Å². The molecule has 0 aliphatic rings. The van der Waals surface area contributed by atoms with Crippen LogP contribution in [0.1, 0.15) is 98.6 Å². The summed E-state index contributed by atoms with van der Waals surface area (Å²) in [5.41, 5.74) is 1.10. The second kappa shape index (κ2) is 16.3. The average molecular weight is 284 g/mol. The third-order valence-corrected chi connectivity index (χ3v) is 2.88. The van der Waals surface area contributed by atoms with Gasteiger partial charge in [-0.05, 0) is 12.3 Å². The molecule has 0 aliphatic carbocycles. The largest absolute Gasteiger partial charge is 0.365 e. The molecule has 0 radical (unpaired) electrons. The second-order valence-corrected chi connectivity index (χ2v) is 5.56. The summed E-state index contributed by atoms with van der Waals surface area (Å²) in [6.07, 6.45) is 9.51. The summed E-state index contributed by atoms with van der Waals surface area (Å²) >= 11 is 0. The fraction of sp³-hybridized carbons (Fsp3) is 0.833. The highest BCUT2D eigenvalue weighted by Gasteiger charge is 2.07. The molecule has 1 atom stereocenters. The molecule has 1 aromatic heterocycles. The van der Waals surface area contributed by atoms with E-state index in [2.05, 4.69) is 39.8 Å². The Labute approximate surface area is 127 Å². The highest BCUT2D eigenvalue weighted by molar-refractivity contribution is 5.01. The van der Waals surface area contributed by atoms with E-state index in [1.54, 1.807) is 6.26 Å². The maximum atomic E-state index is 4.84. The van der Waals surface area contributed by atoms with Crippen molar-refractivity contribution in [1.82, 2.24) is 5.16 Å². The predicted molar refractivity (Wildman–Crippen MR) is 90.2 cm³/mol. The lowest BCUT2D eigenvalue weighted by molar-refractivity contribution is 0.402. The fourth-order valence-corrected chi connectivity index (χ4v) is 1.80. The van der Waals surface area contributed by atoms with Gasteiger partial charge in [-0.1, -0.05) is 85.7 Å². The number of rotatable bonds is 7. The zero-order valence-electron chi connectivity index (χ0n) is 14.9. The Bertz CT molecular complexity index is 254. The van der Waals surface area contributed by atoms with Crippen LogP contribution in [0.25, 0.3) is 0 Å². The van der Waals surface area contributed by atoms with Gasteiger partial charge in [-0.15, -0.1) is 0 Å². The van der Waals surface area contributed by atoms with Crippen molar-refractivity contribution in [3.8, 4) is 0 Å². The zero-order chi connectivity index (χ0) is 15.8. The Kier molecular flexibility index (Phi) is 17.5. The topological polar surface area (TPSA) is 26.0 Å². The number of aromatic nitrogens is 1. The molecule has 2 heteroatoms. The van der Waals surface area contributed by atoms with Gasteiger partial charge >= 0.3 is 0 Å². The standard InChI is InChI=1S/C13H23NO.C3H8.C2H6/c1-11(2)7-5-4-6-8-12(3)13-9-10-15-14-13;1-3-2;1-2/h9-12H,4-8H2,1-3H3;3H2,1-2H3;1-2H3. The van der Waals surface area contributed by atoms with Crippen LogP contribution in [0.15, 0.2) is 16.9 Å². The van der Waals surface area contributed by atoms with Crippen molar-refractivity contribution >= 4 is 0 Å². The molecule has 0 aromatic carbocycles. The SMILES string of the molecule is CC.CC(C)CCCCCC(C)c1ccon1.CCC. The molecule has 120 valence electrons. The predicted octanol–water partition coefficient (Wildman–Crippen LogP) is 6.83. The van der Waals surface area contributed by atoms with Crippen LogP contribution in [0.4, 0.5) is 0 Å². The minimum Gasteiger partial charge on any atom is -0.365 e. The number of hydrogen-bond donors (Lipinski definition) is 0. The molecule has 1 rings (SSSR count). The molecule has 0 N–H and O–H groups in total. The van der Waals surface area contributed by atoms with E-state index in [0.717, 1.165) is 11.6 Å². The molecular formula is C18H37NO. The van der Waals surface area contributed by atoms with Crippen molar-refractivity contribution in [3.05, 3.63) is 18.0 Å². The lowest BCUT2D eigenvalue weighted by Gasteiger charge is -2.08. The van der Waals surface area contributed by atoms with Crippen LogP contribution < -0.4 is 0 Å². The smallest absolute Gasteiger partial charge is 0.124 e. The number of unbranched alkanes of at least 4 members (excludes halogenated alkanes) is 2.